The number of methoxy groups -OCH3 is 1. The Kier molecular flexibility index (Phi) is 5.38. The number of likely N-dealkylation sites (tertiary alicyclic amines) is 1. The first-order valence-electron chi connectivity index (χ1n) is 10.7. The Hall–Kier alpha value is -3.08. The molecule has 1 fully saturated rings. The summed E-state index contributed by atoms with van der Waals surface area (Å²) in [5.41, 5.74) is 2.25. The van der Waals surface area contributed by atoms with Crippen molar-refractivity contribution >= 4 is 17.8 Å². The molecule has 0 N–H and O–H groups in total. The third-order valence-corrected chi connectivity index (χ3v) is 6.12. The molecule has 2 aromatic carbocycles. The average Bonchev–Trinajstić information content (AvgIpc) is 3.14. The van der Waals surface area contributed by atoms with E-state index in [9.17, 15) is 9.59 Å². The van der Waals surface area contributed by atoms with Crippen LogP contribution < -0.4 is 9.47 Å². The smallest absolute Gasteiger partial charge is 0.246 e. The van der Waals surface area contributed by atoms with Crippen LogP contribution in [0.25, 0.3) is 6.08 Å². The van der Waals surface area contributed by atoms with Crippen molar-refractivity contribution in [3.63, 3.8) is 0 Å². The van der Waals surface area contributed by atoms with E-state index in [4.69, 9.17) is 9.47 Å². The van der Waals surface area contributed by atoms with Crippen molar-refractivity contribution < 1.29 is 19.1 Å². The number of fused-ring (bicyclic) bond motifs is 1. The highest BCUT2D eigenvalue weighted by molar-refractivity contribution is 6.01. The van der Waals surface area contributed by atoms with Gasteiger partial charge in [-0.1, -0.05) is 45.0 Å². The fourth-order valence-corrected chi connectivity index (χ4v) is 4.23. The van der Waals surface area contributed by atoms with Crippen LogP contribution in [0, 0.1) is 0 Å². The van der Waals surface area contributed by atoms with Crippen LogP contribution in [0.5, 0.6) is 11.5 Å². The Morgan fingerprint density at radius 1 is 1.16 bits per heavy atom. The Morgan fingerprint density at radius 2 is 1.90 bits per heavy atom. The molecule has 0 bridgehead atoms. The molecule has 0 aliphatic carbocycles. The number of hydrogen-bond donors (Lipinski definition) is 0. The molecule has 1 unspecified atom stereocenters. The molecule has 4 rings (SSSR count). The largest absolute Gasteiger partial charge is 0.497 e. The number of amides is 1. The van der Waals surface area contributed by atoms with E-state index < -0.39 is 5.60 Å². The van der Waals surface area contributed by atoms with Crippen molar-refractivity contribution in [3.8, 4) is 11.5 Å². The Balaban J connectivity index is 1.43. The number of rotatable bonds is 3. The number of benzene rings is 2. The van der Waals surface area contributed by atoms with Gasteiger partial charge in [0.1, 0.15) is 17.1 Å². The van der Waals surface area contributed by atoms with Crippen molar-refractivity contribution in [1.82, 2.24) is 4.90 Å². The van der Waals surface area contributed by atoms with E-state index in [1.165, 1.54) is 5.56 Å². The van der Waals surface area contributed by atoms with Gasteiger partial charge >= 0.3 is 0 Å². The monoisotopic (exact) mass is 419 g/mol. The second-order valence-electron chi connectivity index (χ2n) is 9.46. The Labute approximate surface area is 183 Å². The molecular weight excluding hydrogens is 390 g/mol. The highest BCUT2D eigenvalue weighted by Crippen LogP contribution is 2.40. The van der Waals surface area contributed by atoms with Crippen LogP contribution in [0.1, 0.15) is 55.1 Å². The fourth-order valence-electron chi connectivity index (χ4n) is 4.23. The van der Waals surface area contributed by atoms with E-state index >= 15 is 0 Å². The summed E-state index contributed by atoms with van der Waals surface area (Å²) in [4.78, 5) is 27.3. The molecule has 0 radical (unpaired) electrons. The van der Waals surface area contributed by atoms with Crippen LogP contribution in [0.2, 0.25) is 0 Å². The van der Waals surface area contributed by atoms with Crippen molar-refractivity contribution in [1.29, 1.82) is 0 Å². The predicted molar refractivity (Wildman–Crippen MR) is 121 cm³/mol. The van der Waals surface area contributed by atoms with Gasteiger partial charge in [0.2, 0.25) is 5.91 Å². The summed E-state index contributed by atoms with van der Waals surface area (Å²) in [7, 11) is 1.57. The summed E-state index contributed by atoms with van der Waals surface area (Å²) in [6.45, 7) is 7.52. The van der Waals surface area contributed by atoms with Crippen LogP contribution in [-0.4, -0.2) is 42.4 Å². The first-order chi connectivity index (χ1) is 14.7. The molecule has 5 heteroatoms. The zero-order chi connectivity index (χ0) is 22.2. The van der Waals surface area contributed by atoms with E-state index in [0.29, 0.717) is 36.6 Å². The minimum Gasteiger partial charge on any atom is -0.497 e. The minimum atomic E-state index is -0.642. The normalized spacial score (nSPS) is 20.8. The average molecular weight is 420 g/mol. The highest BCUT2D eigenvalue weighted by atomic mass is 16.5. The third-order valence-electron chi connectivity index (χ3n) is 6.12. The summed E-state index contributed by atoms with van der Waals surface area (Å²) >= 11 is 0. The Morgan fingerprint density at radius 3 is 2.58 bits per heavy atom. The van der Waals surface area contributed by atoms with Crippen LogP contribution in [0.4, 0.5) is 0 Å². The fraction of sp³-hybridized carbons (Fsp3) is 0.385. The van der Waals surface area contributed by atoms with Crippen molar-refractivity contribution in [2.75, 3.05) is 20.2 Å². The number of hydrogen-bond acceptors (Lipinski definition) is 4. The molecule has 5 nitrogen and oxygen atoms in total. The summed E-state index contributed by atoms with van der Waals surface area (Å²) in [5, 5.41) is 0. The zero-order valence-corrected chi connectivity index (χ0v) is 18.6. The van der Waals surface area contributed by atoms with Gasteiger partial charge in [-0.2, -0.15) is 0 Å². The first-order valence-corrected chi connectivity index (χ1v) is 10.7. The molecule has 1 amide bonds. The molecule has 2 aliphatic rings. The topological polar surface area (TPSA) is 55.8 Å². The maximum Gasteiger partial charge on any atom is 0.246 e. The lowest BCUT2D eigenvalue weighted by molar-refractivity contribution is -0.125. The molecule has 2 heterocycles. The molecule has 1 atom stereocenters. The van der Waals surface area contributed by atoms with E-state index in [1.807, 2.05) is 18.2 Å². The second kappa shape index (κ2) is 7.88. The predicted octanol–water partition coefficient (Wildman–Crippen LogP) is 4.64. The molecule has 1 saturated heterocycles. The summed E-state index contributed by atoms with van der Waals surface area (Å²) in [5.74, 6) is 1.17. The summed E-state index contributed by atoms with van der Waals surface area (Å²) in [6, 6.07) is 13.5. The lowest BCUT2D eigenvalue weighted by Crippen LogP contribution is -2.45. The third kappa shape index (κ3) is 4.36. The lowest BCUT2D eigenvalue weighted by atomic mass is 9.87. The van der Waals surface area contributed by atoms with Crippen molar-refractivity contribution in [3.05, 3.63) is 65.2 Å². The number of nitrogens with zero attached hydrogens (tertiary/aromatic N) is 1. The van der Waals surface area contributed by atoms with E-state index in [0.717, 1.165) is 5.56 Å². The SMILES string of the molecule is COc1ccc2c(c1)C(=O)CC1(CCN(C(=O)/C=C/c3ccc(C(C)(C)C)cc3)C1)O2. The highest BCUT2D eigenvalue weighted by Gasteiger charge is 2.46. The Bertz CT molecular complexity index is 1030. The van der Waals surface area contributed by atoms with Gasteiger partial charge in [-0.05, 0) is 40.8 Å². The van der Waals surface area contributed by atoms with Crippen LogP contribution in [-0.2, 0) is 10.2 Å². The summed E-state index contributed by atoms with van der Waals surface area (Å²) in [6.07, 6.45) is 4.36. The second-order valence-corrected chi connectivity index (χ2v) is 9.46. The van der Waals surface area contributed by atoms with Crippen LogP contribution in [0.3, 0.4) is 0 Å². The maximum absolute atomic E-state index is 12.8. The van der Waals surface area contributed by atoms with Gasteiger partial charge in [0, 0.05) is 19.0 Å². The van der Waals surface area contributed by atoms with E-state index in [-0.39, 0.29) is 23.5 Å². The molecule has 0 aromatic heterocycles. The molecule has 1 spiro atoms. The molecule has 2 aromatic rings. The van der Waals surface area contributed by atoms with E-state index in [2.05, 4.69) is 32.9 Å². The van der Waals surface area contributed by atoms with Crippen LogP contribution in [0.15, 0.2) is 48.5 Å². The van der Waals surface area contributed by atoms with Gasteiger partial charge in [0.25, 0.3) is 0 Å². The van der Waals surface area contributed by atoms with Crippen molar-refractivity contribution in [2.45, 2.75) is 44.6 Å². The number of ketones is 1. The number of carbonyl (C=O) groups excluding carboxylic acids is 2. The maximum atomic E-state index is 12.8. The number of Topliss-reactive ketones (excluding diaryl/α,β-unsaturated/α-hetero) is 1. The van der Waals surface area contributed by atoms with Gasteiger partial charge in [0.15, 0.2) is 5.78 Å². The summed E-state index contributed by atoms with van der Waals surface area (Å²) < 4.78 is 11.5. The standard InChI is InChI=1S/C26H29NO4/c1-25(2,3)19-8-5-18(6-9-19)7-12-24(29)27-14-13-26(17-27)16-22(28)21-15-20(30-4)10-11-23(21)31-26/h5-12,15H,13-14,16-17H2,1-4H3/b12-7+. The van der Waals surface area contributed by atoms with Gasteiger partial charge in [-0.15, -0.1) is 0 Å². The molecule has 31 heavy (non-hydrogen) atoms. The van der Waals surface area contributed by atoms with E-state index in [1.54, 1.807) is 36.3 Å². The van der Waals surface area contributed by atoms with Gasteiger partial charge < -0.3 is 14.4 Å². The van der Waals surface area contributed by atoms with Crippen molar-refractivity contribution in [2.24, 2.45) is 0 Å². The number of ether oxygens (including phenoxy) is 2. The van der Waals surface area contributed by atoms with Gasteiger partial charge in [-0.3, -0.25) is 9.59 Å². The van der Waals surface area contributed by atoms with Gasteiger partial charge in [0.05, 0.1) is 25.6 Å². The molecule has 162 valence electrons. The molecule has 0 saturated carbocycles. The quantitative estimate of drug-likeness (QED) is 0.680. The molecule has 2 aliphatic heterocycles. The minimum absolute atomic E-state index is 0.0314. The van der Waals surface area contributed by atoms with Gasteiger partial charge in [-0.25, -0.2) is 0 Å². The lowest BCUT2D eigenvalue weighted by Gasteiger charge is -2.34. The van der Waals surface area contributed by atoms with Crippen LogP contribution >= 0.6 is 0 Å². The first kappa shape index (κ1) is 21.2. The number of carbonyl (C=O) groups is 2. The zero-order valence-electron chi connectivity index (χ0n) is 18.6. The molecular formula is C26H29NO4.